The van der Waals surface area contributed by atoms with Crippen molar-refractivity contribution < 1.29 is 19.8 Å². The van der Waals surface area contributed by atoms with Gasteiger partial charge in [-0.2, -0.15) is 5.26 Å². The van der Waals surface area contributed by atoms with Gasteiger partial charge in [-0.15, -0.1) is 0 Å². The zero-order valence-corrected chi connectivity index (χ0v) is 14.5. The third kappa shape index (κ3) is 3.92. The molecular weight excluding hydrogens is 358 g/mol. The molecular formula is C21H15N3O4. The monoisotopic (exact) mass is 373 g/mol. The summed E-state index contributed by atoms with van der Waals surface area (Å²) in [7, 11) is 0. The fourth-order valence-electron chi connectivity index (χ4n) is 2.64. The van der Waals surface area contributed by atoms with Crippen LogP contribution < -0.4 is 10.6 Å². The lowest BCUT2D eigenvalue weighted by molar-refractivity contribution is -0.112. The van der Waals surface area contributed by atoms with Gasteiger partial charge in [-0.05, 0) is 30.3 Å². The molecule has 7 nitrogen and oxygen atoms in total. The molecule has 0 aromatic heterocycles. The summed E-state index contributed by atoms with van der Waals surface area (Å²) in [4.78, 5) is 23.5. The largest absolute Gasteiger partial charge is 0.507 e. The van der Waals surface area contributed by atoms with Gasteiger partial charge < -0.3 is 20.8 Å². The highest BCUT2D eigenvalue weighted by molar-refractivity contribution is 6.11. The van der Waals surface area contributed by atoms with Crippen molar-refractivity contribution >= 4 is 34.0 Å². The minimum absolute atomic E-state index is 0.0805. The molecule has 138 valence electrons. The molecule has 0 aliphatic rings. The number of hydrogen-bond acceptors (Lipinski definition) is 5. The summed E-state index contributed by atoms with van der Waals surface area (Å²) < 4.78 is 0. The molecule has 28 heavy (non-hydrogen) atoms. The molecule has 0 aliphatic carbocycles. The summed E-state index contributed by atoms with van der Waals surface area (Å²) in [5.41, 5.74) is 0.762. The Kier molecular flexibility index (Phi) is 5.23. The van der Waals surface area contributed by atoms with Gasteiger partial charge in [0.1, 0.15) is 17.4 Å². The molecule has 0 spiro atoms. The van der Waals surface area contributed by atoms with E-state index in [-0.39, 0.29) is 16.9 Å². The summed E-state index contributed by atoms with van der Waals surface area (Å²) in [6.45, 7) is 0. The second kappa shape index (κ2) is 7.93. The van der Waals surface area contributed by atoms with Crippen LogP contribution in [0.25, 0.3) is 10.8 Å². The first-order valence-electron chi connectivity index (χ1n) is 8.22. The number of amides is 1. The molecule has 7 heteroatoms. The maximum absolute atomic E-state index is 12.5. The number of rotatable bonds is 5. The number of hydrogen-bond donors (Lipinski definition) is 4. The number of phenols is 1. The van der Waals surface area contributed by atoms with Gasteiger partial charge in [0.25, 0.3) is 5.91 Å². The van der Waals surface area contributed by atoms with Gasteiger partial charge in [0.2, 0.25) is 0 Å². The van der Waals surface area contributed by atoms with Crippen LogP contribution in [0.5, 0.6) is 5.75 Å². The second-order valence-corrected chi connectivity index (χ2v) is 5.83. The Bertz CT molecular complexity index is 1150. The number of carbonyl (C=O) groups is 2. The van der Waals surface area contributed by atoms with Crippen LogP contribution in [0.15, 0.2) is 72.4 Å². The van der Waals surface area contributed by atoms with Crippen molar-refractivity contribution in [2.75, 3.05) is 10.6 Å². The molecule has 3 rings (SSSR count). The van der Waals surface area contributed by atoms with Crippen molar-refractivity contribution in [3.8, 4) is 11.8 Å². The number of anilines is 2. The average Bonchev–Trinajstić information content (AvgIpc) is 2.69. The zero-order valence-electron chi connectivity index (χ0n) is 14.5. The summed E-state index contributed by atoms with van der Waals surface area (Å²) in [6.07, 6.45) is 1.21. The summed E-state index contributed by atoms with van der Waals surface area (Å²) in [5, 5.41) is 34.9. The lowest BCUT2D eigenvalue weighted by Crippen LogP contribution is -2.14. The van der Waals surface area contributed by atoms with Crippen LogP contribution in [0.4, 0.5) is 11.4 Å². The molecule has 0 unspecified atom stereocenters. The molecule has 3 aromatic carbocycles. The molecule has 0 heterocycles. The van der Waals surface area contributed by atoms with Gasteiger partial charge in [0, 0.05) is 28.3 Å². The van der Waals surface area contributed by atoms with Gasteiger partial charge in [-0.1, -0.05) is 30.3 Å². The summed E-state index contributed by atoms with van der Waals surface area (Å²) in [6, 6.07) is 17.8. The molecule has 3 aromatic rings. The van der Waals surface area contributed by atoms with E-state index in [2.05, 4.69) is 10.6 Å². The highest BCUT2D eigenvalue weighted by Gasteiger charge is 2.12. The number of nitriles is 1. The Morgan fingerprint density at radius 3 is 2.46 bits per heavy atom. The second-order valence-electron chi connectivity index (χ2n) is 5.83. The van der Waals surface area contributed by atoms with E-state index in [0.29, 0.717) is 22.1 Å². The van der Waals surface area contributed by atoms with E-state index in [1.54, 1.807) is 48.5 Å². The number of nitrogens with zero attached hydrogens (tertiary/aromatic N) is 1. The number of benzene rings is 3. The van der Waals surface area contributed by atoms with E-state index >= 15 is 0 Å². The minimum atomic E-state index is -1.08. The lowest BCUT2D eigenvalue weighted by atomic mass is 10.1. The maximum atomic E-state index is 12.5. The molecule has 0 bridgehead atoms. The quantitative estimate of drug-likeness (QED) is 0.399. The average molecular weight is 373 g/mol. The first-order chi connectivity index (χ1) is 13.5. The van der Waals surface area contributed by atoms with Crippen LogP contribution in [0, 0.1) is 11.3 Å². The number of carboxylic acid groups (broad SMARTS) is 1. The highest BCUT2D eigenvalue weighted by Crippen LogP contribution is 2.30. The van der Waals surface area contributed by atoms with Crippen molar-refractivity contribution in [2.45, 2.75) is 0 Å². The van der Waals surface area contributed by atoms with E-state index < -0.39 is 11.9 Å². The molecule has 0 saturated heterocycles. The molecule has 0 radical (unpaired) electrons. The number of aromatic hydroxyl groups is 1. The van der Waals surface area contributed by atoms with Crippen LogP contribution in [0.3, 0.4) is 0 Å². The molecule has 1 amide bonds. The van der Waals surface area contributed by atoms with Crippen LogP contribution in [0.1, 0.15) is 10.4 Å². The number of fused-ring (bicyclic) bond motifs is 1. The summed E-state index contributed by atoms with van der Waals surface area (Å²) >= 11 is 0. The zero-order chi connectivity index (χ0) is 20.1. The van der Waals surface area contributed by atoms with Gasteiger partial charge >= 0.3 is 5.97 Å². The molecule has 0 fully saturated rings. The minimum Gasteiger partial charge on any atom is -0.507 e. The first kappa shape index (κ1) is 18.5. The van der Waals surface area contributed by atoms with E-state index in [1.165, 1.54) is 18.3 Å². The van der Waals surface area contributed by atoms with Crippen molar-refractivity contribution in [1.82, 2.24) is 0 Å². The molecule has 0 aliphatic heterocycles. The third-order valence-electron chi connectivity index (χ3n) is 4.01. The van der Waals surface area contributed by atoms with Crippen molar-refractivity contribution in [3.05, 3.63) is 78.0 Å². The van der Waals surface area contributed by atoms with Gasteiger partial charge in [-0.25, -0.2) is 4.79 Å². The molecule has 0 atom stereocenters. The van der Waals surface area contributed by atoms with Crippen molar-refractivity contribution in [3.63, 3.8) is 0 Å². The van der Waals surface area contributed by atoms with Gasteiger partial charge in [-0.3, -0.25) is 4.79 Å². The Hall–Kier alpha value is -4.31. The van der Waals surface area contributed by atoms with E-state index in [4.69, 9.17) is 5.11 Å². The van der Waals surface area contributed by atoms with Gasteiger partial charge in [0.05, 0.1) is 5.56 Å². The third-order valence-corrected chi connectivity index (χ3v) is 4.01. The van der Waals surface area contributed by atoms with Crippen molar-refractivity contribution in [1.29, 1.82) is 5.26 Å². The van der Waals surface area contributed by atoms with Crippen LogP contribution >= 0.6 is 0 Å². The van der Waals surface area contributed by atoms with Crippen molar-refractivity contribution in [2.24, 2.45) is 0 Å². The Labute approximate surface area is 160 Å². The standard InChI is InChI=1S/C21H15N3O4/c22-11-14(12-23-15-5-1-4-13(10-15)21(27)28)20(26)24-18-8-2-7-17-16(18)6-3-9-19(17)25/h1-10,12,23,25H,(H,24,26)(H,27,28)/b14-12-. The number of carbonyl (C=O) groups excluding carboxylic acids is 1. The lowest BCUT2D eigenvalue weighted by Gasteiger charge is -2.09. The predicted octanol–water partition coefficient (Wildman–Crippen LogP) is 3.70. The smallest absolute Gasteiger partial charge is 0.335 e. The Morgan fingerprint density at radius 1 is 1.00 bits per heavy atom. The van der Waals surface area contributed by atoms with E-state index in [0.717, 1.165) is 0 Å². The number of carboxylic acids is 1. The fourth-order valence-corrected chi connectivity index (χ4v) is 2.64. The summed E-state index contributed by atoms with van der Waals surface area (Å²) in [5.74, 6) is -1.63. The molecule has 4 N–H and O–H groups in total. The van der Waals surface area contributed by atoms with Gasteiger partial charge in [0.15, 0.2) is 0 Å². The Balaban J connectivity index is 1.82. The first-order valence-corrected chi connectivity index (χ1v) is 8.22. The van der Waals surface area contributed by atoms with Crippen LogP contribution in [0.2, 0.25) is 0 Å². The van der Waals surface area contributed by atoms with E-state index in [1.807, 2.05) is 6.07 Å². The van der Waals surface area contributed by atoms with Crippen LogP contribution in [-0.2, 0) is 4.79 Å². The van der Waals surface area contributed by atoms with E-state index in [9.17, 15) is 20.0 Å². The van der Waals surface area contributed by atoms with Crippen LogP contribution in [-0.4, -0.2) is 22.1 Å². The predicted molar refractivity (Wildman–Crippen MR) is 105 cm³/mol. The highest BCUT2D eigenvalue weighted by atomic mass is 16.4. The fraction of sp³-hybridized carbons (Fsp3) is 0. The topological polar surface area (TPSA) is 122 Å². The number of nitrogens with one attached hydrogen (secondary N) is 2. The normalized spacial score (nSPS) is 10.9. The SMILES string of the molecule is N#C/C(=C/Nc1cccc(C(=O)O)c1)C(=O)Nc1cccc2c(O)cccc12. The number of aromatic carboxylic acids is 1. The number of phenolic OH excluding ortho intramolecular Hbond substituents is 1. The maximum Gasteiger partial charge on any atom is 0.335 e. The Morgan fingerprint density at radius 2 is 1.71 bits per heavy atom. The molecule has 0 saturated carbocycles.